The van der Waals surface area contributed by atoms with E-state index in [0.717, 1.165) is 19.4 Å². The fourth-order valence-electron chi connectivity index (χ4n) is 2.12. The highest BCUT2D eigenvalue weighted by Crippen LogP contribution is 2.13. The first-order valence-corrected chi connectivity index (χ1v) is 9.28. The van der Waals surface area contributed by atoms with E-state index in [9.17, 15) is 9.50 Å². The molecule has 1 aromatic rings. The minimum atomic E-state index is -0.775. The average Bonchev–Trinajstić information content (AvgIpc) is 2.65. The van der Waals surface area contributed by atoms with Gasteiger partial charge < -0.3 is 25.2 Å². The summed E-state index contributed by atoms with van der Waals surface area (Å²) in [5.74, 6) is 0.284. The molecule has 1 aromatic carbocycles. The predicted molar refractivity (Wildman–Crippen MR) is 117 cm³/mol. The van der Waals surface area contributed by atoms with Crippen molar-refractivity contribution in [3.05, 3.63) is 35.6 Å². The molecular formula is C19H33FIN3O3. The molecule has 0 spiro atoms. The van der Waals surface area contributed by atoms with Gasteiger partial charge in [0.05, 0.1) is 32.5 Å². The van der Waals surface area contributed by atoms with Crippen molar-refractivity contribution < 1.29 is 19.0 Å². The average molecular weight is 497 g/mol. The molecule has 0 aromatic heterocycles. The summed E-state index contributed by atoms with van der Waals surface area (Å²) < 4.78 is 23.8. The third-order valence-electron chi connectivity index (χ3n) is 3.57. The number of nitrogens with zero attached hydrogens (tertiary/aromatic N) is 1. The minimum absolute atomic E-state index is 0. The van der Waals surface area contributed by atoms with Crippen LogP contribution in [0.3, 0.4) is 0 Å². The highest BCUT2D eigenvalue weighted by atomic mass is 127. The van der Waals surface area contributed by atoms with Gasteiger partial charge in [-0.25, -0.2) is 4.39 Å². The van der Waals surface area contributed by atoms with Crippen LogP contribution in [0.1, 0.15) is 38.4 Å². The molecule has 0 fully saturated rings. The van der Waals surface area contributed by atoms with Crippen molar-refractivity contribution in [2.75, 3.05) is 46.1 Å². The summed E-state index contributed by atoms with van der Waals surface area (Å²) in [7, 11) is 0. The van der Waals surface area contributed by atoms with Gasteiger partial charge in [0, 0.05) is 19.7 Å². The van der Waals surface area contributed by atoms with Crippen LogP contribution in [-0.2, 0) is 9.47 Å². The quantitative estimate of drug-likeness (QED) is 0.169. The molecule has 0 aliphatic heterocycles. The number of aliphatic hydroxyl groups is 1. The molecule has 0 saturated heterocycles. The number of nitrogens with one attached hydrogen (secondary N) is 2. The Bertz CT molecular complexity index is 503. The molecule has 0 heterocycles. The van der Waals surface area contributed by atoms with Gasteiger partial charge in [-0.05, 0) is 31.0 Å². The number of benzene rings is 1. The molecule has 1 atom stereocenters. The molecule has 0 amide bonds. The number of rotatable bonds is 13. The second kappa shape index (κ2) is 17.2. The molecule has 27 heavy (non-hydrogen) atoms. The number of ether oxygens (including phenoxy) is 2. The van der Waals surface area contributed by atoms with Crippen LogP contribution in [0.15, 0.2) is 29.3 Å². The number of hydrogen-bond acceptors (Lipinski definition) is 4. The third-order valence-corrected chi connectivity index (χ3v) is 3.57. The zero-order valence-corrected chi connectivity index (χ0v) is 18.6. The molecule has 0 aliphatic rings. The molecule has 0 radical (unpaired) electrons. The lowest BCUT2D eigenvalue weighted by Gasteiger charge is -2.13. The number of guanidine groups is 1. The monoisotopic (exact) mass is 497 g/mol. The Hall–Kier alpha value is -0.970. The molecule has 0 aliphatic carbocycles. The number of unbranched alkanes of at least 4 members (excludes halogenated alkanes) is 1. The normalized spacial score (nSPS) is 12.4. The highest BCUT2D eigenvalue weighted by molar-refractivity contribution is 14.0. The summed E-state index contributed by atoms with van der Waals surface area (Å²) in [6.07, 6.45) is 1.43. The van der Waals surface area contributed by atoms with Crippen molar-refractivity contribution >= 4 is 29.9 Å². The molecule has 1 unspecified atom stereocenters. The molecular weight excluding hydrogens is 464 g/mol. The van der Waals surface area contributed by atoms with E-state index in [0.29, 0.717) is 44.4 Å². The van der Waals surface area contributed by atoms with Crippen LogP contribution in [0.25, 0.3) is 0 Å². The molecule has 156 valence electrons. The van der Waals surface area contributed by atoms with E-state index in [1.807, 2.05) is 6.92 Å². The summed E-state index contributed by atoms with van der Waals surface area (Å²) in [6, 6.07) is 5.78. The lowest BCUT2D eigenvalue weighted by atomic mass is 10.1. The largest absolute Gasteiger partial charge is 0.386 e. The molecule has 0 saturated carbocycles. The van der Waals surface area contributed by atoms with Gasteiger partial charge >= 0.3 is 0 Å². The molecule has 3 N–H and O–H groups in total. The second-order valence-corrected chi connectivity index (χ2v) is 5.79. The summed E-state index contributed by atoms with van der Waals surface area (Å²) in [5.41, 5.74) is 0.636. The first-order valence-electron chi connectivity index (χ1n) is 9.28. The summed E-state index contributed by atoms with van der Waals surface area (Å²) in [5, 5.41) is 16.4. The Morgan fingerprint density at radius 3 is 2.37 bits per heavy atom. The van der Waals surface area contributed by atoms with Crippen LogP contribution in [0, 0.1) is 5.82 Å². The smallest absolute Gasteiger partial charge is 0.191 e. The fraction of sp³-hybridized carbons (Fsp3) is 0.632. The standard InChI is InChI=1S/C19H32FN3O3.HI/c1-3-5-11-25-13-14-26-12-10-22-19(21-4-2)23-15-18(24)16-6-8-17(20)9-7-16;/h6-9,18,24H,3-5,10-15H2,1-2H3,(H2,21,22,23);1H. The second-order valence-electron chi connectivity index (χ2n) is 5.79. The number of aliphatic hydroxyl groups excluding tert-OH is 1. The van der Waals surface area contributed by atoms with Gasteiger partial charge in [-0.1, -0.05) is 25.5 Å². The first-order chi connectivity index (χ1) is 12.7. The van der Waals surface area contributed by atoms with E-state index in [-0.39, 0.29) is 36.3 Å². The van der Waals surface area contributed by atoms with Crippen LogP contribution < -0.4 is 10.6 Å². The van der Waals surface area contributed by atoms with Crippen LogP contribution in [0.2, 0.25) is 0 Å². The number of hydrogen-bond donors (Lipinski definition) is 3. The zero-order chi connectivity index (χ0) is 19.0. The summed E-state index contributed by atoms with van der Waals surface area (Å²) in [6.45, 7) is 8.12. The van der Waals surface area contributed by atoms with E-state index in [4.69, 9.17) is 9.47 Å². The van der Waals surface area contributed by atoms with Gasteiger partial charge in [0.15, 0.2) is 5.96 Å². The number of halogens is 2. The Labute approximate surface area is 179 Å². The summed E-state index contributed by atoms with van der Waals surface area (Å²) >= 11 is 0. The SMILES string of the molecule is CCCCOCCOCCNC(=NCC(O)c1ccc(F)cc1)NCC.I. The lowest BCUT2D eigenvalue weighted by Crippen LogP contribution is -2.39. The van der Waals surface area contributed by atoms with Gasteiger partial charge in [-0.2, -0.15) is 0 Å². The first kappa shape index (κ1) is 26.0. The van der Waals surface area contributed by atoms with Crippen molar-refractivity contribution in [2.24, 2.45) is 4.99 Å². The van der Waals surface area contributed by atoms with Crippen molar-refractivity contribution in [1.82, 2.24) is 10.6 Å². The van der Waals surface area contributed by atoms with Crippen molar-refractivity contribution in [3.63, 3.8) is 0 Å². The van der Waals surface area contributed by atoms with Crippen LogP contribution in [0.5, 0.6) is 0 Å². The Morgan fingerprint density at radius 1 is 1.07 bits per heavy atom. The molecule has 6 nitrogen and oxygen atoms in total. The van der Waals surface area contributed by atoms with Gasteiger partial charge in [0.25, 0.3) is 0 Å². The van der Waals surface area contributed by atoms with Crippen molar-refractivity contribution in [2.45, 2.75) is 32.8 Å². The van der Waals surface area contributed by atoms with Gasteiger partial charge in [0.1, 0.15) is 5.82 Å². The topological polar surface area (TPSA) is 75.1 Å². The van der Waals surface area contributed by atoms with Gasteiger partial charge in [0.2, 0.25) is 0 Å². The minimum Gasteiger partial charge on any atom is -0.386 e. The maximum atomic E-state index is 12.9. The van der Waals surface area contributed by atoms with Crippen molar-refractivity contribution in [1.29, 1.82) is 0 Å². The van der Waals surface area contributed by atoms with Gasteiger partial charge in [-0.15, -0.1) is 24.0 Å². The van der Waals surface area contributed by atoms with E-state index in [1.165, 1.54) is 12.1 Å². The summed E-state index contributed by atoms with van der Waals surface area (Å²) in [4.78, 5) is 4.35. The maximum absolute atomic E-state index is 12.9. The van der Waals surface area contributed by atoms with E-state index in [1.54, 1.807) is 12.1 Å². The predicted octanol–water partition coefficient (Wildman–Crippen LogP) is 2.87. The van der Waals surface area contributed by atoms with E-state index >= 15 is 0 Å². The molecule has 8 heteroatoms. The molecule has 1 rings (SSSR count). The number of aliphatic imine (C=N–C) groups is 1. The third kappa shape index (κ3) is 12.9. The fourth-order valence-corrected chi connectivity index (χ4v) is 2.12. The molecule has 0 bridgehead atoms. The van der Waals surface area contributed by atoms with Crippen LogP contribution >= 0.6 is 24.0 Å². The zero-order valence-electron chi connectivity index (χ0n) is 16.2. The van der Waals surface area contributed by atoms with Crippen molar-refractivity contribution in [3.8, 4) is 0 Å². The Morgan fingerprint density at radius 2 is 1.74 bits per heavy atom. The van der Waals surface area contributed by atoms with Crippen LogP contribution in [0.4, 0.5) is 4.39 Å². The van der Waals surface area contributed by atoms with E-state index in [2.05, 4.69) is 22.5 Å². The van der Waals surface area contributed by atoms with Gasteiger partial charge in [-0.3, -0.25) is 4.99 Å². The Kier molecular flexibility index (Phi) is 16.5. The van der Waals surface area contributed by atoms with E-state index < -0.39 is 6.10 Å². The maximum Gasteiger partial charge on any atom is 0.191 e. The Balaban J connectivity index is 0.00000676. The van der Waals surface area contributed by atoms with Crippen LogP contribution in [-0.4, -0.2) is 57.1 Å². The highest BCUT2D eigenvalue weighted by Gasteiger charge is 2.07. The lowest BCUT2D eigenvalue weighted by molar-refractivity contribution is 0.0487.